The van der Waals surface area contributed by atoms with Gasteiger partial charge in [0.05, 0.1) is 0 Å². The van der Waals surface area contributed by atoms with E-state index in [9.17, 15) is 30.7 Å². The number of anilines is 1. The van der Waals surface area contributed by atoms with Crippen molar-refractivity contribution in [1.29, 1.82) is 0 Å². The fourth-order valence-corrected chi connectivity index (χ4v) is 1.17. The Morgan fingerprint density at radius 1 is 0.941 bits per heavy atom. The largest absolute Gasteiger partial charge is 0.436 e. The minimum Gasteiger partial charge on any atom is -0.383 e. The fourth-order valence-electron chi connectivity index (χ4n) is 1.17. The Hall–Kier alpha value is -1.54. The van der Waals surface area contributed by atoms with Crippen LogP contribution in [0.4, 0.5) is 36.6 Å². The summed E-state index contributed by atoms with van der Waals surface area (Å²) in [6.07, 6.45) is -11.5. The number of halogens is 7. The summed E-state index contributed by atoms with van der Waals surface area (Å²) in [5.74, 6) is -1.16. The Morgan fingerprint density at radius 3 is 1.76 bits per heavy atom. The summed E-state index contributed by atoms with van der Waals surface area (Å²) < 4.78 is 87.2. The normalized spacial score (nSPS) is 13.8. The van der Waals surface area contributed by atoms with Gasteiger partial charge in [0, 0.05) is 11.8 Å². The van der Waals surface area contributed by atoms with Gasteiger partial charge in [-0.15, -0.1) is 0 Å². The zero-order valence-corrected chi connectivity index (χ0v) is 7.90. The van der Waals surface area contributed by atoms with Crippen LogP contribution in [-0.2, 0) is 5.67 Å². The molecule has 0 aromatic carbocycles. The highest BCUT2D eigenvalue weighted by Gasteiger charge is 2.74. The molecule has 0 saturated carbocycles. The molecule has 0 spiro atoms. The first-order valence-corrected chi connectivity index (χ1v) is 4.05. The molecule has 0 aliphatic carbocycles. The minimum absolute atomic E-state index is 0.295. The lowest BCUT2D eigenvalue weighted by molar-refractivity contribution is -0.348. The summed E-state index contributed by atoms with van der Waals surface area (Å²) in [6.45, 7) is 0. The van der Waals surface area contributed by atoms with Crippen molar-refractivity contribution in [3.63, 3.8) is 0 Å². The molecule has 0 fully saturated rings. The monoisotopic (exact) mass is 262 g/mol. The lowest BCUT2D eigenvalue weighted by Crippen LogP contribution is -2.50. The van der Waals surface area contributed by atoms with E-state index in [0.29, 0.717) is 6.07 Å². The van der Waals surface area contributed by atoms with E-state index >= 15 is 0 Å². The summed E-state index contributed by atoms with van der Waals surface area (Å²) >= 11 is 0. The zero-order chi connectivity index (χ0) is 13.5. The van der Waals surface area contributed by atoms with Crippen LogP contribution in [0.1, 0.15) is 5.56 Å². The molecule has 2 N–H and O–H groups in total. The van der Waals surface area contributed by atoms with Gasteiger partial charge in [0.15, 0.2) is 0 Å². The summed E-state index contributed by atoms with van der Waals surface area (Å²) in [7, 11) is 0. The van der Waals surface area contributed by atoms with Gasteiger partial charge in [-0.1, -0.05) is 0 Å². The lowest BCUT2D eigenvalue weighted by Gasteiger charge is -2.30. The van der Waals surface area contributed by atoms with Crippen molar-refractivity contribution in [3.8, 4) is 0 Å². The molecule has 17 heavy (non-hydrogen) atoms. The Balaban J connectivity index is 3.53. The first kappa shape index (κ1) is 13.5. The van der Waals surface area contributed by atoms with E-state index in [1.807, 2.05) is 0 Å². The summed E-state index contributed by atoms with van der Waals surface area (Å²) in [6, 6.07) is 1.03. The molecule has 9 heteroatoms. The van der Waals surface area contributed by atoms with Gasteiger partial charge in [0.2, 0.25) is 0 Å². The van der Waals surface area contributed by atoms with Crippen LogP contribution < -0.4 is 5.73 Å². The number of hydrogen-bond acceptors (Lipinski definition) is 2. The van der Waals surface area contributed by atoms with Gasteiger partial charge in [-0.2, -0.15) is 26.3 Å². The van der Waals surface area contributed by atoms with Crippen molar-refractivity contribution in [2.24, 2.45) is 0 Å². The Labute approximate surface area is 90.2 Å². The van der Waals surface area contributed by atoms with Gasteiger partial charge in [0.25, 0.3) is 0 Å². The van der Waals surface area contributed by atoms with Crippen molar-refractivity contribution in [1.82, 2.24) is 4.98 Å². The van der Waals surface area contributed by atoms with Crippen LogP contribution in [0.2, 0.25) is 0 Å². The van der Waals surface area contributed by atoms with E-state index in [4.69, 9.17) is 5.73 Å². The molecule has 2 nitrogen and oxygen atoms in total. The van der Waals surface area contributed by atoms with Crippen molar-refractivity contribution < 1.29 is 30.7 Å². The molecule has 0 radical (unpaired) electrons. The fraction of sp³-hybridized carbons (Fsp3) is 0.375. The maximum absolute atomic E-state index is 13.4. The van der Waals surface area contributed by atoms with Crippen molar-refractivity contribution in [2.75, 3.05) is 5.73 Å². The number of rotatable bonds is 1. The molecule has 1 aromatic rings. The van der Waals surface area contributed by atoms with Crippen molar-refractivity contribution >= 4 is 5.82 Å². The van der Waals surface area contributed by atoms with Gasteiger partial charge < -0.3 is 5.73 Å². The van der Waals surface area contributed by atoms with Crippen molar-refractivity contribution in [3.05, 3.63) is 23.9 Å². The van der Waals surface area contributed by atoms with Gasteiger partial charge in [-0.25, -0.2) is 9.37 Å². The number of nitrogens with zero attached hydrogens (tertiary/aromatic N) is 1. The summed E-state index contributed by atoms with van der Waals surface area (Å²) in [4.78, 5) is 3.01. The highest BCUT2D eigenvalue weighted by molar-refractivity contribution is 5.44. The number of aromatic nitrogens is 1. The first-order chi connectivity index (χ1) is 7.52. The Morgan fingerprint density at radius 2 is 1.41 bits per heavy atom. The maximum Gasteiger partial charge on any atom is 0.436 e. The highest BCUT2D eigenvalue weighted by atomic mass is 19.4. The van der Waals surface area contributed by atoms with Crippen LogP contribution >= 0.6 is 0 Å². The molecule has 1 aromatic heterocycles. The molecule has 0 saturated heterocycles. The second-order valence-electron chi connectivity index (χ2n) is 3.09. The van der Waals surface area contributed by atoms with E-state index in [0.717, 1.165) is 12.3 Å². The van der Waals surface area contributed by atoms with Crippen LogP contribution in [0.25, 0.3) is 0 Å². The SMILES string of the molecule is Nc1ncccc1C(F)(C(F)(F)F)C(F)(F)F. The third-order valence-electron chi connectivity index (χ3n) is 1.99. The summed E-state index contributed by atoms with van der Waals surface area (Å²) in [5.41, 5.74) is -2.44. The summed E-state index contributed by atoms with van der Waals surface area (Å²) in [5, 5.41) is 0. The molecule has 0 aliphatic heterocycles. The smallest absolute Gasteiger partial charge is 0.383 e. The Bertz CT molecular complexity index is 395. The van der Waals surface area contributed by atoms with Gasteiger partial charge in [0.1, 0.15) is 5.82 Å². The molecule has 0 unspecified atom stereocenters. The van der Waals surface area contributed by atoms with E-state index < -0.39 is 29.4 Å². The van der Waals surface area contributed by atoms with E-state index in [2.05, 4.69) is 4.98 Å². The third kappa shape index (κ3) is 2.01. The standard InChI is InChI=1S/C8H5F7N2/c9-6(7(10,11)12,8(13,14)15)4-2-1-3-17-5(4)16/h1-3H,(H2,16,17). The number of hydrogen-bond donors (Lipinski definition) is 1. The first-order valence-electron chi connectivity index (χ1n) is 4.05. The molecule has 96 valence electrons. The zero-order valence-electron chi connectivity index (χ0n) is 7.90. The van der Waals surface area contributed by atoms with E-state index in [-0.39, 0.29) is 0 Å². The van der Waals surface area contributed by atoms with Crippen LogP contribution in [0.15, 0.2) is 18.3 Å². The second-order valence-corrected chi connectivity index (χ2v) is 3.09. The lowest BCUT2D eigenvalue weighted by atomic mass is 9.95. The average molecular weight is 262 g/mol. The molecule has 0 bridgehead atoms. The number of nitrogen functional groups attached to an aromatic ring is 1. The van der Waals surface area contributed by atoms with Gasteiger partial charge in [-0.05, 0) is 12.1 Å². The van der Waals surface area contributed by atoms with Crippen LogP contribution in [0.5, 0.6) is 0 Å². The average Bonchev–Trinajstić information content (AvgIpc) is 2.13. The van der Waals surface area contributed by atoms with E-state index in [1.165, 1.54) is 0 Å². The molecule has 0 atom stereocenters. The van der Waals surface area contributed by atoms with Crippen molar-refractivity contribution in [2.45, 2.75) is 18.0 Å². The highest BCUT2D eigenvalue weighted by Crippen LogP contribution is 2.54. The number of nitrogens with two attached hydrogens (primary N) is 1. The predicted octanol–water partition coefficient (Wildman–Crippen LogP) is 2.95. The number of alkyl halides is 7. The molecule has 0 aliphatic rings. The van der Waals surface area contributed by atoms with E-state index in [1.54, 1.807) is 0 Å². The molecule has 1 heterocycles. The van der Waals surface area contributed by atoms with Gasteiger partial charge >= 0.3 is 18.0 Å². The topological polar surface area (TPSA) is 38.9 Å². The molecular formula is C8H5F7N2. The second kappa shape index (κ2) is 3.74. The minimum atomic E-state index is -6.18. The Kier molecular flexibility index (Phi) is 2.98. The third-order valence-corrected chi connectivity index (χ3v) is 1.99. The maximum atomic E-state index is 13.4. The molecule has 1 rings (SSSR count). The quantitative estimate of drug-likeness (QED) is 0.790. The predicted molar refractivity (Wildman–Crippen MR) is 43.5 cm³/mol. The van der Waals surface area contributed by atoms with Gasteiger partial charge in [-0.3, -0.25) is 0 Å². The molecular weight excluding hydrogens is 257 g/mol. The van der Waals surface area contributed by atoms with Crippen LogP contribution in [0.3, 0.4) is 0 Å². The molecule has 0 amide bonds. The van der Waals surface area contributed by atoms with Crippen LogP contribution in [0, 0.1) is 0 Å². The van der Waals surface area contributed by atoms with Crippen LogP contribution in [-0.4, -0.2) is 17.3 Å². The number of pyridine rings is 1.